The summed E-state index contributed by atoms with van der Waals surface area (Å²) in [6.07, 6.45) is 1.08. The molecule has 2 aromatic rings. The van der Waals surface area contributed by atoms with Crippen LogP contribution in [0.2, 0.25) is 10.0 Å². The summed E-state index contributed by atoms with van der Waals surface area (Å²) >= 11 is 12.5. The zero-order valence-electron chi connectivity index (χ0n) is 15.4. The lowest BCUT2D eigenvalue weighted by molar-refractivity contribution is -0.00324. The summed E-state index contributed by atoms with van der Waals surface area (Å²) < 4.78 is 0. The van der Waals surface area contributed by atoms with Crippen molar-refractivity contribution in [1.82, 2.24) is 9.97 Å². The maximum atomic E-state index is 10.6. The molecule has 1 aromatic carbocycles. The third-order valence-electron chi connectivity index (χ3n) is 5.25. The molecular formula is C19H24Cl2N4O2. The summed E-state index contributed by atoms with van der Waals surface area (Å²) in [5.41, 5.74) is 7.49. The summed E-state index contributed by atoms with van der Waals surface area (Å²) in [4.78, 5) is 11.4. The molecule has 2 heterocycles. The maximum Gasteiger partial charge on any atom is 0.153 e. The van der Waals surface area contributed by atoms with Crippen LogP contribution in [-0.2, 0) is 6.61 Å². The maximum absolute atomic E-state index is 10.6. The van der Waals surface area contributed by atoms with Gasteiger partial charge in [-0.25, -0.2) is 9.97 Å². The Balaban J connectivity index is 1.95. The van der Waals surface area contributed by atoms with Crippen molar-refractivity contribution in [2.75, 3.05) is 18.0 Å². The topological polar surface area (TPSA) is 95.5 Å². The van der Waals surface area contributed by atoms with Gasteiger partial charge in [0.25, 0.3) is 0 Å². The van der Waals surface area contributed by atoms with Crippen molar-refractivity contribution >= 4 is 29.0 Å². The van der Waals surface area contributed by atoms with Crippen LogP contribution in [0.5, 0.6) is 0 Å². The van der Waals surface area contributed by atoms with E-state index in [4.69, 9.17) is 33.9 Å². The van der Waals surface area contributed by atoms with Gasteiger partial charge in [0.15, 0.2) is 5.82 Å². The summed E-state index contributed by atoms with van der Waals surface area (Å²) in [6.45, 7) is 4.61. The van der Waals surface area contributed by atoms with E-state index in [1.807, 2.05) is 24.8 Å². The first-order valence-corrected chi connectivity index (χ1v) is 9.68. The van der Waals surface area contributed by atoms with E-state index in [0.29, 0.717) is 64.4 Å². The molecule has 146 valence electrons. The van der Waals surface area contributed by atoms with Gasteiger partial charge in [-0.3, -0.25) is 0 Å². The van der Waals surface area contributed by atoms with E-state index < -0.39 is 5.60 Å². The van der Waals surface area contributed by atoms with Gasteiger partial charge in [0, 0.05) is 24.7 Å². The molecule has 1 saturated heterocycles. The fourth-order valence-corrected chi connectivity index (χ4v) is 3.79. The highest BCUT2D eigenvalue weighted by molar-refractivity contribution is 6.43. The van der Waals surface area contributed by atoms with Crippen LogP contribution in [0.3, 0.4) is 0 Å². The molecule has 0 saturated carbocycles. The van der Waals surface area contributed by atoms with E-state index in [1.54, 1.807) is 12.1 Å². The van der Waals surface area contributed by atoms with Crippen LogP contribution in [0.1, 0.15) is 31.2 Å². The molecular weight excluding hydrogens is 387 g/mol. The van der Waals surface area contributed by atoms with E-state index in [9.17, 15) is 10.2 Å². The standard InChI is InChI=1S/C19H24Cl2N4O2/c1-11-17(13-4-3-5-14(20)16(13)21)24-15(10-26)18(23-11)25-8-6-19(27,7-9-25)12(2)22/h3-5,12,26-27H,6-10,22H2,1-2H3/t12-/m1/s1. The highest BCUT2D eigenvalue weighted by Gasteiger charge is 2.36. The Kier molecular flexibility index (Phi) is 5.93. The van der Waals surface area contributed by atoms with Crippen LogP contribution in [-0.4, -0.2) is 44.9 Å². The number of piperidine rings is 1. The number of nitrogens with zero attached hydrogens (tertiary/aromatic N) is 3. The first kappa shape index (κ1) is 20.3. The molecule has 0 amide bonds. The van der Waals surface area contributed by atoms with E-state index in [-0.39, 0.29) is 12.6 Å². The Labute approximate surface area is 169 Å². The largest absolute Gasteiger partial charge is 0.390 e. The van der Waals surface area contributed by atoms with Crippen LogP contribution in [0.25, 0.3) is 11.3 Å². The predicted molar refractivity (Wildman–Crippen MR) is 108 cm³/mol. The summed E-state index contributed by atoms with van der Waals surface area (Å²) in [5, 5.41) is 21.3. The number of hydrogen-bond acceptors (Lipinski definition) is 6. The third-order valence-corrected chi connectivity index (χ3v) is 6.07. The number of aromatic nitrogens is 2. The number of halogens is 2. The SMILES string of the molecule is Cc1nc(N2CCC(O)([C@@H](C)N)CC2)c(CO)nc1-c1cccc(Cl)c1Cl. The van der Waals surface area contributed by atoms with Gasteiger partial charge in [0.2, 0.25) is 0 Å². The third kappa shape index (κ3) is 3.91. The van der Waals surface area contributed by atoms with Gasteiger partial charge in [0.05, 0.1) is 33.6 Å². The first-order chi connectivity index (χ1) is 12.8. The molecule has 0 unspecified atom stereocenters. The van der Waals surface area contributed by atoms with Crippen LogP contribution >= 0.6 is 23.2 Å². The molecule has 1 fully saturated rings. The minimum Gasteiger partial charge on any atom is -0.390 e. The van der Waals surface area contributed by atoms with Gasteiger partial charge in [-0.1, -0.05) is 35.3 Å². The van der Waals surface area contributed by atoms with Crippen LogP contribution in [0, 0.1) is 6.92 Å². The zero-order valence-corrected chi connectivity index (χ0v) is 16.9. The number of anilines is 1. The number of aliphatic hydroxyl groups is 2. The van der Waals surface area contributed by atoms with Gasteiger partial charge in [0.1, 0.15) is 5.69 Å². The lowest BCUT2D eigenvalue weighted by Crippen LogP contribution is -2.54. The van der Waals surface area contributed by atoms with Crippen molar-refractivity contribution in [2.45, 2.75) is 44.9 Å². The van der Waals surface area contributed by atoms with Crippen LogP contribution in [0.15, 0.2) is 18.2 Å². The van der Waals surface area contributed by atoms with Crippen molar-refractivity contribution in [3.63, 3.8) is 0 Å². The Morgan fingerprint density at radius 1 is 1.26 bits per heavy atom. The molecule has 4 N–H and O–H groups in total. The predicted octanol–water partition coefficient (Wildman–Crippen LogP) is 2.93. The second-order valence-electron chi connectivity index (χ2n) is 7.07. The summed E-state index contributed by atoms with van der Waals surface area (Å²) in [5.74, 6) is 0.628. The van der Waals surface area contributed by atoms with E-state index in [2.05, 4.69) is 4.98 Å². The summed E-state index contributed by atoms with van der Waals surface area (Å²) in [6, 6.07) is 5.05. The number of nitrogens with two attached hydrogens (primary N) is 1. The summed E-state index contributed by atoms with van der Waals surface area (Å²) in [7, 11) is 0. The Bertz CT molecular complexity index is 837. The number of aliphatic hydroxyl groups excluding tert-OH is 1. The quantitative estimate of drug-likeness (QED) is 0.716. The second-order valence-corrected chi connectivity index (χ2v) is 7.85. The van der Waals surface area contributed by atoms with Gasteiger partial charge in [-0.2, -0.15) is 0 Å². The van der Waals surface area contributed by atoms with Gasteiger partial charge in [-0.15, -0.1) is 0 Å². The number of hydrogen-bond donors (Lipinski definition) is 3. The Morgan fingerprint density at radius 3 is 2.52 bits per heavy atom. The average Bonchev–Trinajstić information content (AvgIpc) is 2.64. The normalized spacial score (nSPS) is 17.8. The monoisotopic (exact) mass is 410 g/mol. The molecule has 0 spiro atoms. The van der Waals surface area contributed by atoms with Crippen molar-refractivity contribution in [1.29, 1.82) is 0 Å². The first-order valence-electron chi connectivity index (χ1n) is 8.92. The molecule has 6 nitrogen and oxygen atoms in total. The van der Waals surface area contributed by atoms with E-state index >= 15 is 0 Å². The highest BCUT2D eigenvalue weighted by Crippen LogP contribution is 2.35. The second kappa shape index (κ2) is 7.89. The molecule has 0 radical (unpaired) electrons. The minimum atomic E-state index is -0.868. The molecule has 1 aromatic heterocycles. The number of rotatable bonds is 4. The molecule has 1 aliphatic heterocycles. The van der Waals surface area contributed by atoms with Crippen molar-refractivity contribution in [3.8, 4) is 11.3 Å². The molecule has 0 aliphatic carbocycles. The smallest absolute Gasteiger partial charge is 0.153 e. The fraction of sp³-hybridized carbons (Fsp3) is 0.474. The highest BCUT2D eigenvalue weighted by atomic mass is 35.5. The Morgan fingerprint density at radius 2 is 1.93 bits per heavy atom. The van der Waals surface area contributed by atoms with E-state index in [1.165, 1.54) is 0 Å². The molecule has 0 bridgehead atoms. The molecule has 27 heavy (non-hydrogen) atoms. The van der Waals surface area contributed by atoms with Gasteiger partial charge < -0.3 is 20.8 Å². The van der Waals surface area contributed by atoms with Crippen molar-refractivity contribution in [3.05, 3.63) is 39.6 Å². The molecule has 1 aliphatic rings. The van der Waals surface area contributed by atoms with Gasteiger partial charge in [-0.05, 0) is 32.8 Å². The van der Waals surface area contributed by atoms with Gasteiger partial charge >= 0.3 is 0 Å². The van der Waals surface area contributed by atoms with Crippen molar-refractivity contribution < 1.29 is 10.2 Å². The van der Waals surface area contributed by atoms with Crippen molar-refractivity contribution in [2.24, 2.45) is 5.73 Å². The molecule has 3 rings (SSSR count). The molecule has 1 atom stereocenters. The molecule has 8 heteroatoms. The zero-order chi connectivity index (χ0) is 19.8. The number of aryl methyl sites for hydroxylation is 1. The minimum absolute atomic E-state index is 0.248. The number of benzene rings is 1. The lowest BCUT2D eigenvalue weighted by Gasteiger charge is -2.41. The van der Waals surface area contributed by atoms with E-state index in [0.717, 1.165) is 0 Å². The lowest BCUT2D eigenvalue weighted by atomic mass is 9.85. The van der Waals surface area contributed by atoms with Crippen LogP contribution in [0.4, 0.5) is 5.82 Å². The Hall–Kier alpha value is -1.44. The average molecular weight is 411 g/mol. The van der Waals surface area contributed by atoms with Crippen LogP contribution < -0.4 is 10.6 Å². The fourth-order valence-electron chi connectivity index (χ4n) is 3.40.